The lowest BCUT2D eigenvalue weighted by atomic mass is 9.84. The van der Waals surface area contributed by atoms with E-state index in [9.17, 15) is 9.00 Å². The number of benzene rings is 1. The fraction of sp³-hybridized carbons (Fsp3) is 0.348. The van der Waals surface area contributed by atoms with E-state index in [0.29, 0.717) is 24.7 Å². The fourth-order valence-electron chi connectivity index (χ4n) is 4.20. The summed E-state index contributed by atoms with van der Waals surface area (Å²) in [5.74, 6) is 0.748. The minimum absolute atomic E-state index is 0.110. The zero-order valence-corrected chi connectivity index (χ0v) is 20.0. The highest BCUT2D eigenvalue weighted by Crippen LogP contribution is 2.39. The Morgan fingerprint density at radius 1 is 1.32 bits per heavy atom. The number of amides is 2. The Labute approximate surface area is 197 Å². The average molecular weight is 483 g/mol. The maximum absolute atomic E-state index is 13.3. The van der Waals surface area contributed by atoms with Gasteiger partial charge >= 0.3 is 6.03 Å². The molecule has 0 unspecified atom stereocenters. The van der Waals surface area contributed by atoms with Crippen molar-refractivity contribution in [3.8, 4) is 22.9 Å². The Balaban J connectivity index is 1.48. The molecular formula is C23H26N6O4S. The van der Waals surface area contributed by atoms with Gasteiger partial charge in [0.1, 0.15) is 4.90 Å². The molecule has 0 saturated heterocycles. The van der Waals surface area contributed by atoms with Crippen LogP contribution in [0.25, 0.3) is 11.1 Å². The molecule has 0 bridgehead atoms. The van der Waals surface area contributed by atoms with E-state index in [2.05, 4.69) is 19.8 Å². The van der Waals surface area contributed by atoms with E-state index in [1.54, 1.807) is 24.1 Å². The number of ether oxygens (including phenoxy) is 2. The third kappa shape index (κ3) is 4.01. The van der Waals surface area contributed by atoms with Gasteiger partial charge in [-0.3, -0.25) is 0 Å². The van der Waals surface area contributed by atoms with Gasteiger partial charge in [0.15, 0.2) is 9.92 Å². The van der Waals surface area contributed by atoms with Crippen molar-refractivity contribution in [1.29, 1.82) is 0 Å². The van der Waals surface area contributed by atoms with Gasteiger partial charge in [0, 0.05) is 23.2 Å². The summed E-state index contributed by atoms with van der Waals surface area (Å²) in [5.41, 5.74) is 4.29. The van der Waals surface area contributed by atoms with Gasteiger partial charge in [0.05, 0.1) is 32.1 Å². The molecule has 0 radical (unpaired) electrons. The van der Waals surface area contributed by atoms with Crippen LogP contribution in [0.4, 0.5) is 10.5 Å². The predicted octanol–water partition coefficient (Wildman–Crippen LogP) is 3.40. The zero-order valence-electron chi connectivity index (χ0n) is 19.2. The lowest BCUT2D eigenvalue weighted by Gasteiger charge is -2.30. The maximum Gasteiger partial charge on any atom is 0.354 e. The highest BCUT2D eigenvalue weighted by Gasteiger charge is 2.32. The van der Waals surface area contributed by atoms with Crippen LogP contribution in [0, 0.1) is 5.41 Å². The summed E-state index contributed by atoms with van der Waals surface area (Å²) in [6.07, 6.45) is 4.75. The highest BCUT2D eigenvalue weighted by molar-refractivity contribution is 7.91. The number of aromatic nitrogens is 3. The fourth-order valence-corrected chi connectivity index (χ4v) is 5.20. The number of hydrogen-bond donors (Lipinski definition) is 2. The van der Waals surface area contributed by atoms with Crippen molar-refractivity contribution < 1.29 is 18.5 Å². The number of nitrogens with one attached hydrogen (secondary N) is 1. The van der Waals surface area contributed by atoms with E-state index in [-0.39, 0.29) is 16.2 Å². The standard InChI is InChI=1S/C23H26N6O4S/c1-23(2)12-29-21(33-13-23)18(11-26-29)34(24,31)28-22(30)27-20-16-6-4-14(16)5-7-17(20)15-8-9-25-19(10-15)32-3/h5,7-11H,4,6,12-13H2,1-3H3,(H3,24,27,28,30,31)/t34-/m0/s1. The van der Waals surface area contributed by atoms with Crippen molar-refractivity contribution >= 4 is 21.6 Å². The molecule has 0 spiro atoms. The summed E-state index contributed by atoms with van der Waals surface area (Å²) < 4.78 is 29.7. The van der Waals surface area contributed by atoms with E-state index in [0.717, 1.165) is 35.1 Å². The molecular weight excluding hydrogens is 456 g/mol. The first kappa shape index (κ1) is 22.4. The van der Waals surface area contributed by atoms with Crippen LogP contribution in [-0.4, -0.2) is 38.7 Å². The Morgan fingerprint density at radius 3 is 2.88 bits per heavy atom. The number of methoxy groups -OCH3 is 1. The largest absolute Gasteiger partial charge is 0.481 e. The first-order valence-corrected chi connectivity index (χ1v) is 12.4. The molecule has 1 aliphatic carbocycles. The van der Waals surface area contributed by atoms with Gasteiger partial charge in [0.2, 0.25) is 11.8 Å². The molecule has 10 nitrogen and oxygen atoms in total. The number of urea groups is 1. The first-order chi connectivity index (χ1) is 16.2. The number of nitrogens with zero attached hydrogens (tertiary/aromatic N) is 4. The van der Waals surface area contributed by atoms with Crippen LogP contribution in [0.1, 0.15) is 25.0 Å². The number of pyridine rings is 1. The van der Waals surface area contributed by atoms with Crippen molar-refractivity contribution in [1.82, 2.24) is 14.8 Å². The molecule has 2 aliphatic rings. The van der Waals surface area contributed by atoms with Gasteiger partial charge in [-0.1, -0.05) is 26.0 Å². The van der Waals surface area contributed by atoms with Crippen molar-refractivity contribution in [3.63, 3.8) is 0 Å². The number of carbonyl (C=O) groups is 1. The highest BCUT2D eigenvalue weighted by atomic mass is 32.2. The monoisotopic (exact) mass is 482 g/mol. The number of anilines is 1. The summed E-state index contributed by atoms with van der Waals surface area (Å²) in [5, 5.41) is 13.1. The normalized spacial score (nSPS) is 17.3. The van der Waals surface area contributed by atoms with E-state index >= 15 is 0 Å². The molecule has 1 atom stereocenters. The van der Waals surface area contributed by atoms with Gasteiger partial charge < -0.3 is 14.8 Å². The molecule has 1 aromatic carbocycles. The third-order valence-corrected chi connectivity index (χ3v) is 7.36. The van der Waals surface area contributed by atoms with Gasteiger partial charge in [-0.15, -0.1) is 4.36 Å². The van der Waals surface area contributed by atoms with Crippen LogP contribution < -0.4 is 19.9 Å². The number of aryl methyl sites for hydroxylation is 1. The van der Waals surface area contributed by atoms with E-state index < -0.39 is 15.9 Å². The molecule has 34 heavy (non-hydrogen) atoms. The molecule has 2 aromatic heterocycles. The van der Waals surface area contributed by atoms with E-state index in [4.69, 9.17) is 14.6 Å². The van der Waals surface area contributed by atoms with Crippen LogP contribution in [-0.2, 0) is 29.3 Å². The number of nitrogens with two attached hydrogens (primary N) is 1. The smallest absolute Gasteiger partial charge is 0.354 e. The van der Waals surface area contributed by atoms with Crippen molar-refractivity contribution in [2.24, 2.45) is 14.9 Å². The lowest BCUT2D eigenvalue weighted by Crippen LogP contribution is -2.33. The molecule has 0 saturated carbocycles. The predicted molar refractivity (Wildman–Crippen MR) is 127 cm³/mol. The quantitative estimate of drug-likeness (QED) is 0.585. The summed E-state index contributed by atoms with van der Waals surface area (Å²) in [7, 11) is -2.04. The molecule has 3 heterocycles. The number of hydrogen-bond acceptors (Lipinski definition) is 6. The van der Waals surface area contributed by atoms with Crippen LogP contribution >= 0.6 is 0 Å². The van der Waals surface area contributed by atoms with Gasteiger partial charge in [-0.05, 0) is 35.6 Å². The summed E-state index contributed by atoms with van der Waals surface area (Å²) in [6, 6.07) is 6.80. The summed E-state index contributed by atoms with van der Waals surface area (Å²) in [4.78, 5) is 17.2. The van der Waals surface area contributed by atoms with Gasteiger partial charge in [0.25, 0.3) is 0 Å². The summed E-state index contributed by atoms with van der Waals surface area (Å²) in [6.45, 7) is 5.09. The molecule has 2 amide bonds. The van der Waals surface area contributed by atoms with Crippen LogP contribution in [0.2, 0.25) is 0 Å². The average Bonchev–Trinajstić information content (AvgIpc) is 3.17. The number of rotatable bonds is 4. The Hall–Kier alpha value is -3.44. The van der Waals surface area contributed by atoms with Gasteiger partial charge in [-0.25, -0.2) is 23.8 Å². The Kier molecular flexibility index (Phi) is 5.33. The third-order valence-electron chi connectivity index (χ3n) is 6.01. The minimum atomic E-state index is -3.58. The molecule has 11 heteroatoms. The van der Waals surface area contributed by atoms with Gasteiger partial charge in [-0.2, -0.15) is 5.10 Å². The molecule has 5 rings (SSSR count). The first-order valence-electron chi connectivity index (χ1n) is 10.9. The van der Waals surface area contributed by atoms with E-state index in [1.807, 2.05) is 32.0 Å². The van der Waals surface area contributed by atoms with Crippen LogP contribution in [0.5, 0.6) is 11.8 Å². The lowest BCUT2D eigenvalue weighted by molar-refractivity contribution is 0.0972. The van der Waals surface area contributed by atoms with Crippen molar-refractivity contribution in [2.45, 2.75) is 38.1 Å². The molecule has 3 aromatic rings. The maximum atomic E-state index is 13.3. The van der Waals surface area contributed by atoms with Crippen LogP contribution in [0.3, 0.4) is 0 Å². The van der Waals surface area contributed by atoms with Crippen LogP contribution in [0.15, 0.2) is 45.9 Å². The minimum Gasteiger partial charge on any atom is -0.481 e. The second-order valence-corrected chi connectivity index (χ2v) is 11.0. The molecule has 1 aliphatic heterocycles. The molecule has 178 valence electrons. The van der Waals surface area contributed by atoms with Crippen molar-refractivity contribution in [3.05, 3.63) is 47.8 Å². The molecule has 3 N–H and O–H groups in total. The van der Waals surface area contributed by atoms with E-state index in [1.165, 1.54) is 6.20 Å². The summed E-state index contributed by atoms with van der Waals surface area (Å²) >= 11 is 0. The number of fused-ring (bicyclic) bond motifs is 2. The second kappa shape index (κ2) is 8.10. The van der Waals surface area contributed by atoms with Crippen molar-refractivity contribution in [2.75, 3.05) is 19.0 Å². The molecule has 0 fully saturated rings. The number of carbonyl (C=O) groups excluding carboxylic acids is 1. The topological polar surface area (TPSA) is 134 Å². The zero-order chi connectivity index (χ0) is 24.1. The Morgan fingerprint density at radius 2 is 2.15 bits per heavy atom. The second-order valence-electron chi connectivity index (χ2n) is 9.23. The Bertz CT molecular complexity index is 1420. The SMILES string of the molecule is COc1cc(-c2ccc3c(c2NC(=O)N=[S@](N)(=O)c2cnn4c2OCC(C)(C)C4)CC3)ccn1.